The molecule has 0 radical (unpaired) electrons. The van der Waals surface area contributed by atoms with Gasteiger partial charge in [-0.1, -0.05) is 141 Å². The van der Waals surface area contributed by atoms with Crippen molar-refractivity contribution in [3.05, 3.63) is 24.3 Å². The Morgan fingerprint density at radius 1 is 0.545 bits per heavy atom. The van der Waals surface area contributed by atoms with Gasteiger partial charge in [0.2, 0.25) is 0 Å². The van der Waals surface area contributed by atoms with E-state index in [1.54, 1.807) is 0 Å². The first-order chi connectivity index (χ1) is 26.8. The van der Waals surface area contributed by atoms with Gasteiger partial charge in [-0.15, -0.1) is 0 Å². The zero-order valence-electron chi connectivity index (χ0n) is 34.9. The van der Waals surface area contributed by atoms with Gasteiger partial charge in [0, 0.05) is 12.8 Å². The van der Waals surface area contributed by atoms with Crippen LogP contribution in [0.2, 0.25) is 0 Å². The van der Waals surface area contributed by atoms with Crippen molar-refractivity contribution in [2.75, 3.05) is 19.8 Å². The van der Waals surface area contributed by atoms with Crippen LogP contribution in [-0.4, -0.2) is 89.0 Å². The van der Waals surface area contributed by atoms with Crippen LogP contribution in [-0.2, 0) is 28.5 Å². The molecule has 0 saturated carbocycles. The van der Waals surface area contributed by atoms with Crippen LogP contribution in [0, 0.1) is 0 Å². The molecule has 4 N–H and O–H groups in total. The van der Waals surface area contributed by atoms with Gasteiger partial charge in [-0.05, 0) is 64.2 Å². The minimum Gasteiger partial charge on any atom is -0.462 e. The molecule has 10 nitrogen and oxygen atoms in total. The number of ether oxygens (including phenoxy) is 4. The van der Waals surface area contributed by atoms with E-state index >= 15 is 0 Å². The van der Waals surface area contributed by atoms with Gasteiger partial charge in [-0.25, -0.2) is 0 Å². The Balaban J connectivity index is 2.34. The van der Waals surface area contributed by atoms with E-state index in [9.17, 15) is 30.0 Å². The summed E-state index contributed by atoms with van der Waals surface area (Å²) in [4.78, 5) is 25.3. The number of rotatable bonds is 37. The summed E-state index contributed by atoms with van der Waals surface area (Å²) in [5.74, 6) is -0.822. The van der Waals surface area contributed by atoms with Gasteiger partial charge >= 0.3 is 11.9 Å². The van der Waals surface area contributed by atoms with Crippen LogP contribution >= 0.6 is 0 Å². The predicted molar refractivity (Wildman–Crippen MR) is 219 cm³/mol. The highest BCUT2D eigenvalue weighted by molar-refractivity contribution is 5.70. The second kappa shape index (κ2) is 36.5. The van der Waals surface area contributed by atoms with Gasteiger partial charge < -0.3 is 39.4 Å². The number of carbonyl (C=O) groups is 2. The van der Waals surface area contributed by atoms with Crippen LogP contribution in [0.4, 0.5) is 0 Å². The molecule has 6 atom stereocenters. The minimum atomic E-state index is -1.60. The highest BCUT2D eigenvalue weighted by Crippen LogP contribution is 2.22. The normalized spacial score (nSPS) is 20.7. The Kier molecular flexibility index (Phi) is 34.0. The van der Waals surface area contributed by atoms with Gasteiger partial charge in [-0.2, -0.15) is 0 Å². The third-order valence-electron chi connectivity index (χ3n) is 10.3. The monoisotopic (exact) mass is 783 g/mol. The van der Waals surface area contributed by atoms with E-state index in [2.05, 4.69) is 38.2 Å². The lowest BCUT2D eigenvalue weighted by atomic mass is 9.99. The molecule has 0 amide bonds. The number of carbonyl (C=O) groups excluding carboxylic acids is 2. The molecule has 1 aliphatic rings. The molecule has 1 heterocycles. The van der Waals surface area contributed by atoms with Crippen LogP contribution in [0.1, 0.15) is 194 Å². The summed E-state index contributed by atoms with van der Waals surface area (Å²) in [7, 11) is 0. The van der Waals surface area contributed by atoms with Crippen molar-refractivity contribution >= 4 is 11.9 Å². The van der Waals surface area contributed by atoms with Crippen molar-refractivity contribution in [1.82, 2.24) is 0 Å². The van der Waals surface area contributed by atoms with E-state index in [4.69, 9.17) is 18.9 Å². The van der Waals surface area contributed by atoms with Crippen LogP contribution in [0.3, 0.4) is 0 Å². The lowest BCUT2D eigenvalue weighted by Crippen LogP contribution is -2.59. The van der Waals surface area contributed by atoms with Crippen LogP contribution in [0.5, 0.6) is 0 Å². The summed E-state index contributed by atoms with van der Waals surface area (Å²) in [5, 5.41) is 40.0. The first kappa shape index (κ1) is 51.2. The standard InChI is InChI=1S/C45H82O10/c1-3-5-7-9-11-13-15-17-19-21-23-25-27-29-31-33-40(47)52-36-38(37-53-45-44(51)43(50)42(49)39(35-46)55-45)54-41(48)34-32-30-28-26-24-22-20-18-16-14-12-10-8-6-4-2/h17-20,38-39,42-46,49-51H,3-16,21-37H2,1-2H3/b19-17-,20-18-/t38-,39-,42-,43+,44-,45-/m1/s1. The highest BCUT2D eigenvalue weighted by Gasteiger charge is 2.44. The molecule has 0 spiro atoms. The minimum absolute atomic E-state index is 0.220. The topological polar surface area (TPSA) is 152 Å². The summed E-state index contributed by atoms with van der Waals surface area (Å²) >= 11 is 0. The summed E-state index contributed by atoms with van der Waals surface area (Å²) in [5.41, 5.74) is 0. The van der Waals surface area contributed by atoms with Crippen LogP contribution in [0.25, 0.3) is 0 Å². The van der Waals surface area contributed by atoms with Gasteiger partial charge in [0.25, 0.3) is 0 Å². The molecular weight excluding hydrogens is 700 g/mol. The molecule has 0 aromatic carbocycles. The molecule has 1 saturated heterocycles. The molecular formula is C45H82O10. The van der Waals surface area contributed by atoms with Crippen molar-refractivity contribution in [2.45, 2.75) is 230 Å². The maximum Gasteiger partial charge on any atom is 0.306 e. The van der Waals surface area contributed by atoms with E-state index in [-0.39, 0.29) is 32.0 Å². The second-order valence-electron chi connectivity index (χ2n) is 15.5. The zero-order chi connectivity index (χ0) is 40.2. The number of hydrogen-bond donors (Lipinski definition) is 4. The van der Waals surface area contributed by atoms with Crippen molar-refractivity contribution in [3.63, 3.8) is 0 Å². The molecule has 55 heavy (non-hydrogen) atoms. The predicted octanol–water partition coefficient (Wildman–Crippen LogP) is 9.33. The average molecular weight is 783 g/mol. The third-order valence-corrected chi connectivity index (χ3v) is 10.3. The summed E-state index contributed by atoms with van der Waals surface area (Å²) < 4.78 is 22.1. The Labute approximate surface area is 334 Å². The molecule has 0 unspecified atom stereocenters. The number of aliphatic hydroxyl groups excluding tert-OH is 4. The molecule has 0 aromatic rings. The summed E-state index contributed by atoms with van der Waals surface area (Å²) in [6, 6.07) is 0. The van der Waals surface area contributed by atoms with E-state index < -0.39 is 49.4 Å². The fourth-order valence-electron chi connectivity index (χ4n) is 6.71. The molecule has 0 bridgehead atoms. The summed E-state index contributed by atoms with van der Waals surface area (Å²) in [6.07, 6.45) is 31.8. The quantitative estimate of drug-likeness (QED) is 0.0273. The van der Waals surface area contributed by atoms with Gasteiger partial charge in [0.05, 0.1) is 13.2 Å². The second-order valence-corrected chi connectivity index (χ2v) is 15.5. The van der Waals surface area contributed by atoms with E-state index in [1.807, 2.05) is 0 Å². The van der Waals surface area contributed by atoms with Gasteiger partial charge in [-0.3, -0.25) is 9.59 Å². The molecule has 1 aliphatic heterocycles. The Morgan fingerprint density at radius 2 is 0.964 bits per heavy atom. The maximum atomic E-state index is 12.8. The van der Waals surface area contributed by atoms with Crippen LogP contribution in [0.15, 0.2) is 24.3 Å². The maximum absolute atomic E-state index is 12.8. The first-order valence-electron chi connectivity index (χ1n) is 22.4. The van der Waals surface area contributed by atoms with Crippen molar-refractivity contribution < 1.29 is 49.0 Å². The Morgan fingerprint density at radius 3 is 1.42 bits per heavy atom. The average Bonchev–Trinajstić information content (AvgIpc) is 3.18. The highest BCUT2D eigenvalue weighted by atomic mass is 16.7. The van der Waals surface area contributed by atoms with E-state index in [0.717, 1.165) is 64.2 Å². The fourth-order valence-corrected chi connectivity index (χ4v) is 6.71. The zero-order valence-corrected chi connectivity index (χ0v) is 34.9. The van der Waals surface area contributed by atoms with Crippen molar-refractivity contribution in [1.29, 1.82) is 0 Å². The molecule has 10 heteroatoms. The van der Waals surface area contributed by atoms with E-state index in [0.29, 0.717) is 12.8 Å². The van der Waals surface area contributed by atoms with Gasteiger partial charge in [0.1, 0.15) is 31.0 Å². The number of esters is 2. The first-order valence-corrected chi connectivity index (χ1v) is 22.4. The van der Waals surface area contributed by atoms with Crippen molar-refractivity contribution in [2.24, 2.45) is 0 Å². The summed E-state index contributed by atoms with van der Waals surface area (Å²) in [6.45, 7) is 3.40. The van der Waals surface area contributed by atoms with E-state index in [1.165, 1.54) is 89.9 Å². The molecule has 0 aliphatic carbocycles. The third kappa shape index (κ3) is 28.3. The number of hydrogen-bond acceptors (Lipinski definition) is 10. The fraction of sp³-hybridized carbons (Fsp3) is 0.867. The number of aliphatic hydroxyl groups is 4. The van der Waals surface area contributed by atoms with Crippen molar-refractivity contribution in [3.8, 4) is 0 Å². The lowest BCUT2D eigenvalue weighted by Gasteiger charge is -2.39. The van der Waals surface area contributed by atoms with Gasteiger partial charge in [0.15, 0.2) is 12.4 Å². The molecule has 0 aromatic heterocycles. The molecule has 1 fully saturated rings. The molecule has 1 rings (SSSR count). The number of unbranched alkanes of at least 4 members (excludes halogenated alkanes) is 22. The largest absolute Gasteiger partial charge is 0.462 e. The number of allylic oxidation sites excluding steroid dienone is 4. The van der Waals surface area contributed by atoms with Crippen LogP contribution < -0.4 is 0 Å². The SMILES string of the molecule is CCCCCCCC/C=C\CCCCCCCC(=O)OC[C@H](CO[C@@H]1O[C@H](CO)[C@@H](O)[C@H](O)[C@H]1O)OC(=O)CCCCCCC/C=C\CCCCCCCC. The molecule has 322 valence electrons. The smallest absolute Gasteiger partial charge is 0.306 e. The Bertz CT molecular complexity index is 954. The Hall–Kier alpha value is -1.82. The lowest BCUT2D eigenvalue weighted by molar-refractivity contribution is -0.305.